The molecule has 5 nitrogen and oxygen atoms in total. The fourth-order valence-corrected chi connectivity index (χ4v) is 2.80. The number of esters is 1. The highest BCUT2D eigenvalue weighted by Gasteiger charge is 2.20. The Morgan fingerprint density at radius 2 is 1.93 bits per heavy atom. The highest BCUT2D eigenvalue weighted by molar-refractivity contribution is 5.96. The van der Waals surface area contributed by atoms with Gasteiger partial charge in [0.2, 0.25) is 5.76 Å². The Morgan fingerprint density at radius 3 is 2.70 bits per heavy atom. The average molecular weight is 369 g/mol. The minimum Gasteiger partial charge on any atom is -0.450 e. The highest BCUT2D eigenvalue weighted by Crippen LogP contribution is 2.26. The van der Waals surface area contributed by atoms with Crippen LogP contribution in [0.4, 0.5) is 4.39 Å². The zero-order valence-electron chi connectivity index (χ0n) is 15.0. The molecule has 1 N–H and O–H groups in total. The van der Waals surface area contributed by atoms with Crippen molar-refractivity contribution in [3.8, 4) is 0 Å². The van der Waals surface area contributed by atoms with Gasteiger partial charge in [-0.05, 0) is 43.5 Å². The Hall–Kier alpha value is -3.15. The molecule has 1 amide bonds. The second-order valence-corrected chi connectivity index (χ2v) is 6.21. The first-order valence-corrected chi connectivity index (χ1v) is 8.71. The molecule has 0 aliphatic carbocycles. The summed E-state index contributed by atoms with van der Waals surface area (Å²) in [5, 5.41) is 3.22. The largest absolute Gasteiger partial charge is 0.450 e. The van der Waals surface area contributed by atoms with Gasteiger partial charge < -0.3 is 14.5 Å². The predicted octanol–water partition coefficient (Wildman–Crippen LogP) is 3.79. The molecule has 0 spiro atoms. The summed E-state index contributed by atoms with van der Waals surface area (Å²) in [4.78, 5) is 24.0. The van der Waals surface area contributed by atoms with Crippen LogP contribution in [0.3, 0.4) is 0 Å². The lowest BCUT2D eigenvalue weighted by Crippen LogP contribution is -2.29. The van der Waals surface area contributed by atoms with Crippen LogP contribution in [0.1, 0.15) is 28.1 Å². The van der Waals surface area contributed by atoms with Crippen LogP contribution in [0.2, 0.25) is 0 Å². The fraction of sp³-hybridized carbons (Fsp3) is 0.238. The third-order valence-corrected chi connectivity index (χ3v) is 4.23. The van der Waals surface area contributed by atoms with Crippen molar-refractivity contribution < 1.29 is 23.1 Å². The van der Waals surface area contributed by atoms with E-state index >= 15 is 0 Å². The molecule has 140 valence electrons. The Bertz CT molecular complexity index is 949. The van der Waals surface area contributed by atoms with Gasteiger partial charge >= 0.3 is 5.97 Å². The second-order valence-electron chi connectivity index (χ2n) is 6.21. The maximum absolute atomic E-state index is 13.3. The number of furan rings is 1. The number of ether oxygens (including phenoxy) is 1. The molecule has 3 aromatic rings. The van der Waals surface area contributed by atoms with Gasteiger partial charge in [-0.25, -0.2) is 9.18 Å². The van der Waals surface area contributed by atoms with E-state index < -0.39 is 18.4 Å². The lowest BCUT2D eigenvalue weighted by molar-refractivity contribution is -0.124. The van der Waals surface area contributed by atoms with Crippen LogP contribution in [-0.2, 0) is 16.0 Å². The minimum atomic E-state index is -0.747. The van der Waals surface area contributed by atoms with Crippen LogP contribution in [-0.4, -0.2) is 25.0 Å². The quantitative estimate of drug-likeness (QED) is 0.508. The summed E-state index contributed by atoms with van der Waals surface area (Å²) in [5.41, 5.74) is 2.08. The number of benzene rings is 2. The van der Waals surface area contributed by atoms with Gasteiger partial charge in [-0.15, -0.1) is 0 Å². The zero-order chi connectivity index (χ0) is 19.2. The fourth-order valence-electron chi connectivity index (χ4n) is 2.80. The number of fused-ring (bicyclic) bond motifs is 1. The Balaban J connectivity index is 1.46. The van der Waals surface area contributed by atoms with E-state index in [0.29, 0.717) is 23.1 Å². The van der Waals surface area contributed by atoms with Crippen LogP contribution in [0.5, 0.6) is 0 Å². The maximum Gasteiger partial charge on any atom is 0.375 e. The number of halogens is 1. The minimum absolute atomic E-state index is 0.0209. The SMILES string of the molecule is Cc1c(C(=O)OCC(=O)NCCCc2ccccc2)oc2ccc(F)cc12. The molecule has 0 bridgehead atoms. The van der Waals surface area contributed by atoms with Crippen molar-refractivity contribution >= 4 is 22.8 Å². The summed E-state index contributed by atoms with van der Waals surface area (Å²) < 4.78 is 23.8. The molecule has 0 radical (unpaired) electrons. The summed E-state index contributed by atoms with van der Waals surface area (Å²) in [6.07, 6.45) is 1.65. The average Bonchev–Trinajstić information content (AvgIpc) is 3.00. The molecule has 6 heteroatoms. The van der Waals surface area contributed by atoms with Gasteiger partial charge in [0.15, 0.2) is 6.61 Å². The maximum atomic E-state index is 13.3. The Kier molecular flexibility index (Phi) is 5.86. The number of rotatable bonds is 7. The Morgan fingerprint density at radius 1 is 1.15 bits per heavy atom. The first-order chi connectivity index (χ1) is 13.0. The topological polar surface area (TPSA) is 68.5 Å². The second kappa shape index (κ2) is 8.49. The molecule has 1 aromatic heterocycles. The van der Waals surface area contributed by atoms with E-state index in [0.717, 1.165) is 12.8 Å². The third kappa shape index (κ3) is 4.73. The monoisotopic (exact) mass is 369 g/mol. The van der Waals surface area contributed by atoms with Gasteiger partial charge in [0.25, 0.3) is 5.91 Å². The van der Waals surface area contributed by atoms with Crippen molar-refractivity contribution in [1.82, 2.24) is 5.32 Å². The molecule has 1 heterocycles. The van der Waals surface area contributed by atoms with Crippen LogP contribution < -0.4 is 5.32 Å². The van der Waals surface area contributed by atoms with Gasteiger partial charge in [0.1, 0.15) is 11.4 Å². The zero-order valence-corrected chi connectivity index (χ0v) is 15.0. The lowest BCUT2D eigenvalue weighted by atomic mass is 10.1. The molecule has 0 aliphatic heterocycles. The standard InChI is InChI=1S/C21H20FNO4/c1-14-17-12-16(22)9-10-18(17)27-20(14)21(25)26-13-19(24)23-11-5-8-15-6-3-2-4-7-15/h2-4,6-7,9-10,12H,5,8,11,13H2,1H3,(H,23,24). The van der Waals surface area contributed by atoms with Gasteiger partial charge in [-0.2, -0.15) is 0 Å². The van der Waals surface area contributed by atoms with Crippen LogP contribution >= 0.6 is 0 Å². The number of carbonyl (C=O) groups excluding carboxylic acids is 2. The van der Waals surface area contributed by atoms with Crippen molar-refractivity contribution in [2.45, 2.75) is 19.8 Å². The lowest BCUT2D eigenvalue weighted by Gasteiger charge is -2.06. The van der Waals surface area contributed by atoms with Crippen molar-refractivity contribution in [2.75, 3.05) is 13.2 Å². The molecule has 3 rings (SSSR count). The summed E-state index contributed by atoms with van der Waals surface area (Å²) in [7, 11) is 0. The summed E-state index contributed by atoms with van der Waals surface area (Å²) in [5.74, 6) is -1.56. The predicted molar refractivity (Wildman–Crippen MR) is 99.0 cm³/mol. The van der Waals surface area contributed by atoms with Crippen molar-refractivity contribution in [3.05, 3.63) is 71.2 Å². The van der Waals surface area contributed by atoms with Crippen molar-refractivity contribution in [2.24, 2.45) is 0 Å². The first kappa shape index (κ1) is 18.6. The van der Waals surface area contributed by atoms with E-state index in [-0.39, 0.29) is 11.7 Å². The first-order valence-electron chi connectivity index (χ1n) is 8.71. The van der Waals surface area contributed by atoms with Crippen molar-refractivity contribution in [1.29, 1.82) is 0 Å². The van der Waals surface area contributed by atoms with Gasteiger partial charge in [0, 0.05) is 17.5 Å². The van der Waals surface area contributed by atoms with Crippen LogP contribution in [0.25, 0.3) is 11.0 Å². The smallest absolute Gasteiger partial charge is 0.375 e. The molecular weight excluding hydrogens is 349 g/mol. The normalized spacial score (nSPS) is 10.7. The summed E-state index contributed by atoms with van der Waals surface area (Å²) >= 11 is 0. The van der Waals surface area contributed by atoms with E-state index in [2.05, 4.69) is 5.32 Å². The molecular formula is C21H20FNO4. The number of carbonyl (C=O) groups is 2. The van der Waals surface area contributed by atoms with Crippen LogP contribution in [0.15, 0.2) is 52.9 Å². The molecule has 0 aliphatic rings. The highest BCUT2D eigenvalue weighted by atomic mass is 19.1. The van der Waals surface area contributed by atoms with E-state index in [1.165, 1.54) is 23.8 Å². The van der Waals surface area contributed by atoms with Gasteiger partial charge in [0.05, 0.1) is 0 Å². The van der Waals surface area contributed by atoms with Crippen molar-refractivity contribution in [3.63, 3.8) is 0 Å². The van der Waals surface area contributed by atoms with Gasteiger partial charge in [-0.1, -0.05) is 30.3 Å². The molecule has 0 fully saturated rings. The molecule has 27 heavy (non-hydrogen) atoms. The molecule has 2 aromatic carbocycles. The van der Waals surface area contributed by atoms with Gasteiger partial charge in [-0.3, -0.25) is 4.79 Å². The number of hydrogen-bond donors (Lipinski definition) is 1. The molecule has 0 saturated carbocycles. The van der Waals surface area contributed by atoms with E-state index in [1.807, 2.05) is 30.3 Å². The number of nitrogens with one attached hydrogen (secondary N) is 1. The molecule has 0 unspecified atom stereocenters. The van der Waals surface area contributed by atoms with E-state index in [1.54, 1.807) is 6.92 Å². The van der Waals surface area contributed by atoms with E-state index in [4.69, 9.17) is 9.15 Å². The Labute approximate surface area is 156 Å². The summed E-state index contributed by atoms with van der Waals surface area (Å²) in [6, 6.07) is 14.0. The third-order valence-electron chi connectivity index (χ3n) is 4.23. The number of aryl methyl sites for hydroxylation is 2. The van der Waals surface area contributed by atoms with E-state index in [9.17, 15) is 14.0 Å². The number of hydrogen-bond acceptors (Lipinski definition) is 4. The van der Waals surface area contributed by atoms with Crippen LogP contribution in [0, 0.1) is 12.7 Å². The number of amides is 1. The molecule has 0 saturated heterocycles. The molecule has 0 atom stereocenters. The summed E-state index contributed by atoms with van der Waals surface area (Å²) in [6.45, 7) is 1.74.